The van der Waals surface area contributed by atoms with Crippen LogP contribution in [0.25, 0.3) is 0 Å². The van der Waals surface area contributed by atoms with Crippen LogP contribution in [0.3, 0.4) is 0 Å². The maximum Gasteiger partial charge on any atom is 0.250 e. The summed E-state index contributed by atoms with van der Waals surface area (Å²) in [6, 6.07) is 3.65. The lowest BCUT2D eigenvalue weighted by Gasteiger charge is -2.03. The second-order valence-corrected chi connectivity index (χ2v) is 9.23. The zero-order chi connectivity index (χ0) is 15.3. The van der Waals surface area contributed by atoms with Crippen LogP contribution in [0.15, 0.2) is 31.6 Å². The molecule has 0 aliphatic carbocycles. The highest BCUT2D eigenvalue weighted by Gasteiger charge is 2.17. The van der Waals surface area contributed by atoms with Crippen molar-refractivity contribution in [3.63, 3.8) is 0 Å². The third-order valence-electron chi connectivity index (χ3n) is 2.76. The first-order valence-electron chi connectivity index (χ1n) is 6.52. The molecule has 0 amide bonds. The molecule has 0 aromatic carbocycles. The molecule has 0 bridgehead atoms. The maximum absolute atomic E-state index is 12.3. The third-order valence-corrected chi connectivity index (χ3v) is 7.58. The molecule has 0 aliphatic heterocycles. The van der Waals surface area contributed by atoms with Gasteiger partial charge in [0.1, 0.15) is 4.21 Å². The van der Waals surface area contributed by atoms with Gasteiger partial charge in [-0.05, 0) is 57.4 Å². The summed E-state index contributed by atoms with van der Waals surface area (Å²) in [4.78, 5) is 0.972. The van der Waals surface area contributed by atoms with Crippen molar-refractivity contribution in [3.05, 3.63) is 37.8 Å². The minimum absolute atomic E-state index is 0.307. The van der Waals surface area contributed by atoms with Gasteiger partial charge in [0.25, 0.3) is 0 Å². The van der Waals surface area contributed by atoms with Crippen molar-refractivity contribution in [2.45, 2.75) is 30.6 Å². The Morgan fingerprint density at radius 1 is 1.29 bits per heavy atom. The molecule has 2 aromatic heterocycles. The molecule has 116 valence electrons. The van der Waals surface area contributed by atoms with Crippen LogP contribution in [0.1, 0.15) is 23.8 Å². The summed E-state index contributed by atoms with van der Waals surface area (Å²) in [5.41, 5.74) is 1.01. The van der Waals surface area contributed by atoms with Crippen LogP contribution in [0.2, 0.25) is 0 Å². The van der Waals surface area contributed by atoms with Crippen LogP contribution in [-0.4, -0.2) is 15.0 Å². The molecular formula is C13H17BrN2O2S3. The van der Waals surface area contributed by atoms with Gasteiger partial charge in [-0.1, -0.05) is 6.92 Å². The Kier molecular flexibility index (Phi) is 6.39. The van der Waals surface area contributed by atoms with Crippen molar-refractivity contribution in [3.8, 4) is 0 Å². The van der Waals surface area contributed by atoms with Crippen LogP contribution in [0.5, 0.6) is 0 Å². The Balaban J connectivity index is 1.97. The molecule has 0 saturated heterocycles. The summed E-state index contributed by atoms with van der Waals surface area (Å²) in [5.74, 6) is 0. The van der Waals surface area contributed by atoms with Gasteiger partial charge >= 0.3 is 0 Å². The van der Waals surface area contributed by atoms with Crippen LogP contribution in [0.4, 0.5) is 0 Å². The van der Waals surface area contributed by atoms with Gasteiger partial charge in [0, 0.05) is 22.4 Å². The zero-order valence-corrected chi connectivity index (χ0v) is 15.6. The molecule has 0 atom stereocenters. The van der Waals surface area contributed by atoms with Gasteiger partial charge in [0.15, 0.2) is 0 Å². The fraction of sp³-hybridized carbons (Fsp3) is 0.385. The lowest BCUT2D eigenvalue weighted by atomic mass is 10.3. The van der Waals surface area contributed by atoms with E-state index < -0.39 is 10.0 Å². The molecule has 4 nitrogen and oxygen atoms in total. The second kappa shape index (κ2) is 7.85. The molecule has 0 saturated carbocycles. The first-order valence-corrected chi connectivity index (χ1v) is 10.6. The Labute approximate surface area is 141 Å². The average molecular weight is 409 g/mol. The summed E-state index contributed by atoms with van der Waals surface area (Å²) < 4.78 is 28.4. The summed E-state index contributed by atoms with van der Waals surface area (Å²) in [5, 5.41) is 7.08. The Morgan fingerprint density at radius 3 is 2.76 bits per heavy atom. The van der Waals surface area contributed by atoms with Gasteiger partial charge in [0.05, 0.1) is 0 Å². The first kappa shape index (κ1) is 17.1. The van der Waals surface area contributed by atoms with Crippen LogP contribution < -0.4 is 10.0 Å². The third kappa shape index (κ3) is 4.87. The van der Waals surface area contributed by atoms with Crippen molar-refractivity contribution >= 4 is 48.6 Å². The van der Waals surface area contributed by atoms with Crippen LogP contribution in [-0.2, 0) is 23.1 Å². The molecule has 0 fully saturated rings. The number of rotatable bonds is 8. The first-order chi connectivity index (χ1) is 10.0. The molecule has 2 rings (SSSR count). The van der Waals surface area contributed by atoms with E-state index >= 15 is 0 Å². The number of nitrogens with one attached hydrogen (secondary N) is 2. The molecule has 0 spiro atoms. The van der Waals surface area contributed by atoms with Crippen molar-refractivity contribution < 1.29 is 8.42 Å². The van der Waals surface area contributed by atoms with Crippen LogP contribution >= 0.6 is 38.6 Å². The molecule has 0 unspecified atom stereocenters. The van der Waals surface area contributed by atoms with Gasteiger partial charge in [-0.3, -0.25) is 0 Å². The fourth-order valence-corrected chi connectivity index (χ4v) is 5.45. The van der Waals surface area contributed by atoms with E-state index in [1.54, 1.807) is 6.07 Å². The summed E-state index contributed by atoms with van der Waals surface area (Å²) in [7, 11) is -3.44. The quantitative estimate of drug-likeness (QED) is 0.656. The van der Waals surface area contributed by atoms with E-state index in [4.69, 9.17) is 0 Å². The van der Waals surface area contributed by atoms with E-state index in [9.17, 15) is 8.42 Å². The van der Waals surface area contributed by atoms with Crippen LogP contribution in [0, 0.1) is 0 Å². The van der Waals surface area contributed by atoms with Gasteiger partial charge in [-0.15, -0.1) is 22.7 Å². The van der Waals surface area contributed by atoms with Gasteiger partial charge in [-0.25, -0.2) is 13.1 Å². The fourth-order valence-electron chi connectivity index (χ4n) is 1.68. The molecule has 2 aromatic rings. The SMILES string of the molecule is CCCNCc1csc(S(=O)(=O)NCc2sccc2Br)c1. The molecule has 21 heavy (non-hydrogen) atoms. The molecule has 2 N–H and O–H groups in total. The number of halogens is 1. The van der Waals surface area contributed by atoms with E-state index in [2.05, 4.69) is 32.9 Å². The number of hydrogen-bond donors (Lipinski definition) is 2. The summed E-state index contributed by atoms with van der Waals surface area (Å²) in [6.07, 6.45) is 1.06. The van der Waals surface area contributed by atoms with E-state index in [1.807, 2.05) is 16.8 Å². The topological polar surface area (TPSA) is 58.2 Å². The molecule has 0 aliphatic rings. The van der Waals surface area contributed by atoms with Crippen molar-refractivity contribution in [2.24, 2.45) is 0 Å². The Morgan fingerprint density at radius 2 is 2.10 bits per heavy atom. The highest BCUT2D eigenvalue weighted by atomic mass is 79.9. The maximum atomic E-state index is 12.3. The van der Waals surface area contributed by atoms with Crippen molar-refractivity contribution in [2.75, 3.05) is 6.54 Å². The average Bonchev–Trinajstić information content (AvgIpc) is 3.06. The van der Waals surface area contributed by atoms with Crippen molar-refractivity contribution in [1.29, 1.82) is 0 Å². The van der Waals surface area contributed by atoms with Gasteiger partial charge < -0.3 is 5.32 Å². The lowest BCUT2D eigenvalue weighted by molar-refractivity contribution is 0.583. The second-order valence-electron chi connectivity index (χ2n) is 4.47. The van der Waals surface area contributed by atoms with E-state index in [-0.39, 0.29) is 0 Å². The minimum atomic E-state index is -3.44. The molecule has 2 heterocycles. The highest BCUT2D eigenvalue weighted by Crippen LogP contribution is 2.24. The largest absolute Gasteiger partial charge is 0.313 e. The zero-order valence-electron chi connectivity index (χ0n) is 11.6. The Bertz CT molecular complexity index is 679. The van der Waals surface area contributed by atoms with Crippen molar-refractivity contribution in [1.82, 2.24) is 10.0 Å². The van der Waals surface area contributed by atoms with E-state index in [1.165, 1.54) is 22.7 Å². The van der Waals surface area contributed by atoms with Gasteiger partial charge in [0.2, 0.25) is 10.0 Å². The standard InChI is InChI=1S/C13H17BrN2O2S3/c1-2-4-15-7-10-6-13(20-9-10)21(17,18)16-8-12-11(14)3-5-19-12/h3,5-6,9,15-16H,2,4,7-8H2,1H3. The normalized spacial score (nSPS) is 11.9. The number of thiophene rings is 2. The smallest absolute Gasteiger partial charge is 0.250 e. The molecular weight excluding hydrogens is 392 g/mol. The predicted molar refractivity (Wildman–Crippen MR) is 92.4 cm³/mol. The van der Waals surface area contributed by atoms with E-state index in [0.29, 0.717) is 17.3 Å². The van der Waals surface area contributed by atoms with Gasteiger partial charge in [-0.2, -0.15) is 0 Å². The molecule has 8 heteroatoms. The minimum Gasteiger partial charge on any atom is -0.313 e. The van der Waals surface area contributed by atoms with E-state index in [0.717, 1.165) is 27.9 Å². The highest BCUT2D eigenvalue weighted by molar-refractivity contribution is 9.10. The molecule has 0 radical (unpaired) electrons. The number of sulfonamides is 1. The lowest BCUT2D eigenvalue weighted by Crippen LogP contribution is -2.22. The Hall–Kier alpha value is -0.250. The predicted octanol–water partition coefficient (Wildman–Crippen LogP) is 3.55. The summed E-state index contributed by atoms with van der Waals surface area (Å²) in [6.45, 7) is 4.05. The number of hydrogen-bond acceptors (Lipinski definition) is 5. The monoisotopic (exact) mass is 408 g/mol. The summed E-state index contributed by atoms with van der Waals surface area (Å²) >= 11 is 6.18.